The molecule has 0 aliphatic carbocycles. The summed E-state index contributed by atoms with van der Waals surface area (Å²) in [4.78, 5) is 6.82. The lowest BCUT2D eigenvalue weighted by atomic mass is 10.2. The highest BCUT2D eigenvalue weighted by atomic mass is 16.5. The zero-order valence-electron chi connectivity index (χ0n) is 11.9. The second kappa shape index (κ2) is 7.87. The number of hydrogen-bond donors (Lipinski definition) is 1. The molecule has 20 heavy (non-hydrogen) atoms. The molecule has 1 N–H and O–H groups in total. The van der Waals surface area contributed by atoms with Crippen LogP contribution in [0.2, 0.25) is 0 Å². The lowest BCUT2D eigenvalue weighted by Gasteiger charge is -2.26. The largest absolute Gasteiger partial charge is 0.504 e. The predicted octanol–water partition coefficient (Wildman–Crippen LogP) is 1.54. The lowest BCUT2D eigenvalue weighted by molar-refractivity contribution is 0.0377. The standard InChI is InChI=1S/C15H22N2O3/c1-19-15-11-13(3-4-14(15)18)12-16-5-2-6-17-7-9-20-10-8-17/h3-4,11-12,18H,2,5-10H2,1H3. The van der Waals surface area contributed by atoms with E-state index in [9.17, 15) is 5.11 Å². The minimum Gasteiger partial charge on any atom is -0.504 e. The van der Waals surface area contributed by atoms with Crippen LogP contribution in [0, 0.1) is 0 Å². The quantitative estimate of drug-likeness (QED) is 0.633. The number of methoxy groups -OCH3 is 1. The molecule has 0 bridgehead atoms. The molecule has 2 rings (SSSR count). The van der Waals surface area contributed by atoms with E-state index < -0.39 is 0 Å². The summed E-state index contributed by atoms with van der Waals surface area (Å²) in [6.45, 7) is 5.62. The van der Waals surface area contributed by atoms with Gasteiger partial charge in [0.1, 0.15) is 0 Å². The Kier molecular flexibility index (Phi) is 5.83. The molecule has 1 aliphatic rings. The van der Waals surface area contributed by atoms with Gasteiger partial charge in [-0.15, -0.1) is 0 Å². The maximum atomic E-state index is 9.50. The Morgan fingerprint density at radius 2 is 2.20 bits per heavy atom. The van der Waals surface area contributed by atoms with Gasteiger partial charge < -0.3 is 14.6 Å². The number of phenols is 1. The molecule has 0 atom stereocenters. The Balaban J connectivity index is 1.72. The summed E-state index contributed by atoms with van der Waals surface area (Å²) in [5.74, 6) is 0.624. The van der Waals surface area contributed by atoms with Gasteiger partial charge in [0.05, 0.1) is 20.3 Å². The van der Waals surface area contributed by atoms with Crippen molar-refractivity contribution in [2.45, 2.75) is 6.42 Å². The zero-order chi connectivity index (χ0) is 14.2. The second-order valence-corrected chi connectivity index (χ2v) is 4.77. The first-order valence-electron chi connectivity index (χ1n) is 6.96. The minimum atomic E-state index is 0.150. The van der Waals surface area contributed by atoms with E-state index in [1.165, 1.54) is 7.11 Å². The fraction of sp³-hybridized carbons (Fsp3) is 0.533. The molecule has 1 aromatic carbocycles. The molecular formula is C15H22N2O3. The Hall–Kier alpha value is -1.59. The summed E-state index contributed by atoms with van der Waals surface area (Å²) in [5, 5.41) is 9.50. The van der Waals surface area contributed by atoms with Crippen molar-refractivity contribution in [1.29, 1.82) is 0 Å². The first kappa shape index (κ1) is 14.8. The minimum absolute atomic E-state index is 0.150. The zero-order valence-corrected chi connectivity index (χ0v) is 11.9. The molecule has 1 aromatic rings. The number of aromatic hydroxyl groups is 1. The molecule has 5 nitrogen and oxygen atoms in total. The first-order chi connectivity index (χ1) is 9.79. The number of phenolic OH excluding ortho intramolecular Hbond substituents is 1. The van der Waals surface area contributed by atoms with Gasteiger partial charge in [0.2, 0.25) is 0 Å². The maximum absolute atomic E-state index is 9.50. The number of hydrogen-bond acceptors (Lipinski definition) is 5. The van der Waals surface area contributed by atoms with Crippen molar-refractivity contribution in [3.63, 3.8) is 0 Å². The van der Waals surface area contributed by atoms with E-state index in [0.717, 1.165) is 51.4 Å². The van der Waals surface area contributed by atoms with Crippen LogP contribution < -0.4 is 4.74 Å². The van der Waals surface area contributed by atoms with Gasteiger partial charge >= 0.3 is 0 Å². The number of ether oxygens (including phenoxy) is 2. The fourth-order valence-electron chi connectivity index (χ4n) is 2.15. The van der Waals surface area contributed by atoms with Gasteiger partial charge in [0.15, 0.2) is 11.5 Å². The highest BCUT2D eigenvalue weighted by Crippen LogP contribution is 2.25. The van der Waals surface area contributed by atoms with Crippen LogP contribution in [0.5, 0.6) is 11.5 Å². The Bertz CT molecular complexity index is 443. The van der Waals surface area contributed by atoms with E-state index in [2.05, 4.69) is 9.89 Å². The highest BCUT2D eigenvalue weighted by molar-refractivity contribution is 5.80. The molecule has 1 saturated heterocycles. The van der Waals surface area contributed by atoms with Crippen molar-refractivity contribution in [2.75, 3.05) is 46.5 Å². The van der Waals surface area contributed by atoms with Crippen LogP contribution in [0.15, 0.2) is 23.2 Å². The lowest BCUT2D eigenvalue weighted by Crippen LogP contribution is -2.37. The summed E-state index contributed by atoms with van der Waals surface area (Å²) in [6.07, 6.45) is 2.87. The topological polar surface area (TPSA) is 54.3 Å². The fourth-order valence-corrected chi connectivity index (χ4v) is 2.15. The molecule has 0 radical (unpaired) electrons. The van der Waals surface area contributed by atoms with Gasteiger partial charge in [-0.1, -0.05) is 0 Å². The molecule has 0 unspecified atom stereocenters. The molecule has 0 amide bonds. The average molecular weight is 278 g/mol. The predicted molar refractivity (Wildman–Crippen MR) is 79.0 cm³/mol. The van der Waals surface area contributed by atoms with Gasteiger partial charge in [0, 0.05) is 32.4 Å². The third kappa shape index (κ3) is 4.51. The van der Waals surface area contributed by atoms with E-state index in [0.29, 0.717) is 5.75 Å². The van der Waals surface area contributed by atoms with Crippen molar-refractivity contribution in [3.05, 3.63) is 23.8 Å². The monoisotopic (exact) mass is 278 g/mol. The third-order valence-corrected chi connectivity index (χ3v) is 3.31. The van der Waals surface area contributed by atoms with Crippen LogP contribution >= 0.6 is 0 Å². The molecule has 5 heteroatoms. The second-order valence-electron chi connectivity index (χ2n) is 4.77. The number of aliphatic imine (C=N–C) groups is 1. The number of benzene rings is 1. The first-order valence-corrected chi connectivity index (χ1v) is 6.96. The molecule has 110 valence electrons. The average Bonchev–Trinajstić information content (AvgIpc) is 2.49. The molecule has 0 aromatic heterocycles. The van der Waals surface area contributed by atoms with Crippen LogP contribution in [0.3, 0.4) is 0 Å². The van der Waals surface area contributed by atoms with Crippen LogP contribution in [-0.2, 0) is 4.74 Å². The van der Waals surface area contributed by atoms with Gasteiger partial charge in [-0.25, -0.2) is 0 Å². The highest BCUT2D eigenvalue weighted by Gasteiger charge is 2.08. The molecule has 1 heterocycles. The molecule has 1 aliphatic heterocycles. The van der Waals surface area contributed by atoms with Crippen molar-refractivity contribution in [1.82, 2.24) is 4.90 Å². The molecular weight excluding hydrogens is 256 g/mol. The third-order valence-electron chi connectivity index (χ3n) is 3.31. The van der Waals surface area contributed by atoms with Crippen molar-refractivity contribution in [2.24, 2.45) is 4.99 Å². The van der Waals surface area contributed by atoms with Gasteiger partial charge in [-0.2, -0.15) is 0 Å². The van der Waals surface area contributed by atoms with Crippen LogP contribution in [-0.4, -0.2) is 62.7 Å². The molecule has 0 spiro atoms. The Labute approximate surface area is 119 Å². The normalized spacial score (nSPS) is 16.6. The Morgan fingerprint density at radius 1 is 1.40 bits per heavy atom. The molecule has 0 saturated carbocycles. The summed E-state index contributed by atoms with van der Waals surface area (Å²) in [5.41, 5.74) is 0.936. The van der Waals surface area contributed by atoms with E-state index >= 15 is 0 Å². The van der Waals surface area contributed by atoms with Crippen LogP contribution in [0.4, 0.5) is 0 Å². The van der Waals surface area contributed by atoms with Crippen LogP contribution in [0.25, 0.3) is 0 Å². The summed E-state index contributed by atoms with van der Waals surface area (Å²) < 4.78 is 10.4. The summed E-state index contributed by atoms with van der Waals surface area (Å²) in [7, 11) is 1.54. The van der Waals surface area contributed by atoms with Gasteiger partial charge in [0.25, 0.3) is 0 Å². The number of morpholine rings is 1. The number of rotatable bonds is 6. The van der Waals surface area contributed by atoms with Crippen molar-refractivity contribution in [3.8, 4) is 11.5 Å². The van der Waals surface area contributed by atoms with Crippen molar-refractivity contribution >= 4 is 6.21 Å². The van der Waals surface area contributed by atoms with Crippen molar-refractivity contribution < 1.29 is 14.6 Å². The maximum Gasteiger partial charge on any atom is 0.161 e. The summed E-state index contributed by atoms with van der Waals surface area (Å²) >= 11 is 0. The summed E-state index contributed by atoms with van der Waals surface area (Å²) in [6, 6.07) is 5.22. The van der Waals surface area contributed by atoms with Crippen LogP contribution in [0.1, 0.15) is 12.0 Å². The SMILES string of the molecule is COc1cc(C=NCCCN2CCOCC2)ccc1O. The van der Waals surface area contributed by atoms with E-state index in [1.54, 1.807) is 12.1 Å². The number of nitrogens with zero attached hydrogens (tertiary/aromatic N) is 2. The van der Waals surface area contributed by atoms with E-state index in [4.69, 9.17) is 9.47 Å². The van der Waals surface area contributed by atoms with E-state index in [1.807, 2.05) is 12.3 Å². The molecule has 1 fully saturated rings. The van der Waals surface area contributed by atoms with E-state index in [-0.39, 0.29) is 5.75 Å². The smallest absolute Gasteiger partial charge is 0.161 e. The Morgan fingerprint density at radius 3 is 2.95 bits per heavy atom. The van der Waals surface area contributed by atoms with Gasteiger partial charge in [-0.05, 0) is 30.2 Å². The van der Waals surface area contributed by atoms with Gasteiger partial charge in [-0.3, -0.25) is 9.89 Å².